The van der Waals surface area contributed by atoms with Crippen molar-refractivity contribution in [3.05, 3.63) is 70.7 Å². The van der Waals surface area contributed by atoms with Gasteiger partial charge in [-0.15, -0.1) is 0 Å². The zero-order valence-corrected chi connectivity index (χ0v) is 31.3. The van der Waals surface area contributed by atoms with Crippen LogP contribution in [-0.4, -0.2) is 60.9 Å². The van der Waals surface area contributed by atoms with Crippen molar-refractivity contribution in [3.63, 3.8) is 0 Å². The number of benzene rings is 1. The highest BCUT2D eigenvalue weighted by Gasteiger charge is 2.39. The number of aromatic nitrogens is 3. The van der Waals surface area contributed by atoms with E-state index in [9.17, 15) is 52.7 Å². The number of pyridine rings is 1. The lowest BCUT2D eigenvalue weighted by molar-refractivity contribution is -0.143. The van der Waals surface area contributed by atoms with Crippen molar-refractivity contribution in [2.45, 2.75) is 84.0 Å². The van der Waals surface area contributed by atoms with Gasteiger partial charge in [0.1, 0.15) is 18.2 Å². The number of halogens is 9. The van der Waals surface area contributed by atoms with Gasteiger partial charge in [0.2, 0.25) is 5.95 Å². The van der Waals surface area contributed by atoms with E-state index in [4.69, 9.17) is 4.74 Å². The molecule has 0 radical (unpaired) electrons. The maximum absolute atomic E-state index is 14.1. The molecule has 1 aromatic carbocycles. The summed E-state index contributed by atoms with van der Waals surface area (Å²) in [6.07, 6.45) is -7.76. The molecule has 0 amide bonds. The monoisotopic (exact) mass is 811 g/mol. The fourth-order valence-electron chi connectivity index (χ4n) is 6.57. The topological polar surface area (TPSA) is 106 Å². The van der Waals surface area contributed by atoms with Crippen LogP contribution >= 0.6 is 0 Å². The minimum Gasteiger partial charge on any atom is -0.489 e. The Labute approximate surface area is 313 Å². The Morgan fingerprint density at radius 3 is 1.87 bits per heavy atom. The van der Waals surface area contributed by atoms with Gasteiger partial charge in [-0.1, -0.05) is 0 Å². The van der Waals surface area contributed by atoms with Gasteiger partial charge in [-0.3, -0.25) is 0 Å². The molecule has 55 heavy (non-hydrogen) atoms. The van der Waals surface area contributed by atoms with Gasteiger partial charge in [0.25, 0.3) is 0 Å². The summed E-state index contributed by atoms with van der Waals surface area (Å²) in [4.78, 5) is 27.2. The van der Waals surface area contributed by atoms with Crippen molar-refractivity contribution in [1.29, 1.82) is 0 Å². The number of nitrogens with zero attached hydrogens (tertiary/aromatic N) is 5. The minimum atomic E-state index is -5.17. The fourth-order valence-corrected chi connectivity index (χ4v) is 6.95. The third-order valence-corrected chi connectivity index (χ3v) is 10.4. The van der Waals surface area contributed by atoms with E-state index in [1.165, 1.54) is 13.8 Å². The SMILES string of the molecule is CCN(CC1CCC(CC(C)=O)CC1)c1ncc(C(F)(F)F)cc1CN(c1ncc(OCCS(C)(=O)=O)cn1)[C@H](C)c1cc(C(F)(F)F)cc(C(F)(F)F)c1. The molecule has 3 aromatic rings. The first-order chi connectivity index (χ1) is 25.4. The van der Waals surface area contributed by atoms with Crippen LogP contribution in [0.2, 0.25) is 0 Å². The molecule has 2 aromatic heterocycles. The van der Waals surface area contributed by atoms with E-state index in [1.807, 2.05) is 0 Å². The summed E-state index contributed by atoms with van der Waals surface area (Å²) in [7, 11) is -3.40. The standard InChI is InChI=1S/C36H42F9N5O4S/c1-5-49(20-25-8-6-24(7-9-25)12-22(2)51)32-27(15-30(17-46-32)36(43,44)45)21-50(33-47-18-31(19-48-33)54-10-11-55(4,52)53)23(3)26-13-28(34(37,38)39)16-29(14-26)35(40,41)42/h13-19,23-25H,5-12,20-21H2,1-4H3/t23-,24?,25?/m1/s1. The Kier molecular flexibility index (Phi) is 13.7. The van der Waals surface area contributed by atoms with Crippen molar-refractivity contribution in [2.24, 2.45) is 11.8 Å². The molecule has 0 bridgehead atoms. The van der Waals surface area contributed by atoms with Crippen LogP contribution < -0.4 is 14.5 Å². The first kappa shape index (κ1) is 43.6. The number of carbonyl (C=O) groups is 1. The van der Waals surface area contributed by atoms with Gasteiger partial charge in [-0.2, -0.15) is 39.5 Å². The average Bonchev–Trinajstić information content (AvgIpc) is 3.08. The molecule has 0 N–H and O–H groups in total. The fraction of sp³-hybridized carbons (Fsp3) is 0.556. The molecule has 304 valence electrons. The molecular formula is C36H42F9N5O4S. The number of hydrogen-bond acceptors (Lipinski definition) is 9. The third kappa shape index (κ3) is 12.4. The number of sulfone groups is 1. The maximum atomic E-state index is 14.1. The van der Waals surface area contributed by atoms with E-state index in [-0.39, 0.29) is 59.1 Å². The molecule has 1 aliphatic carbocycles. The zero-order chi connectivity index (χ0) is 40.9. The summed E-state index contributed by atoms with van der Waals surface area (Å²) >= 11 is 0. The molecule has 1 atom stereocenters. The first-order valence-corrected chi connectivity index (χ1v) is 19.5. The minimum absolute atomic E-state index is 0.0185. The highest BCUT2D eigenvalue weighted by Crippen LogP contribution is 2.40. The van der Waals surface area contributed by atoms with Gasteiger partial charge in [0.05, 0.1) is 47.4 Å². The van der Waals surface area contributed by atoms with Gasteiger partial charge < -0.3 is 19.3 Å². The van der Waals surface area contributed by atoms with E-state index in [0.29, 0.717) is 37.8 Å². The van der Waals surface area contributed by atoms with E-state index < -0.39 is 63.2 Å². The normalized spacial score (nSPS) is 17.5. The van der Waals surface area contributed by atoms with E-state index in [1.54, 1.807) is 11.8 Å². The van der Waals surface area contributed by atoms with Crippen molar-refractivity contribution in [3.8, 4) is 5.75 Å². The predicted molar refractivity (Wildman–Crippen MR) is 186 cm³/mol. The molecule has 1 aliphatic rings. The van der Waals surface area contributed by atoms with Gasteiger partial charge in [-0.05, 0) is 88.1 Å². The molecule has 0 aliphatic heterocycles. The Bertz CT molecular complexity index is 1850. The quantitative estimate of drug-likeness (QED) is 0.139. The molecule has 0 spiro atoms. The number of hydrogen-bond donors (Lipinski definition) is 0. The number of carbonyl (C=O) groups excluding carboxylic acids is 1. The third-order valence-electron chi connectivity index (χ3n) is 9.47. The number of anilines is 2. The van der Waals surface area contributed by atoms with E-state index >= 15 is 0 Å². The molecule has 2 heterocycles. The van der Waals surface area contributed by atoms with Crippen LogP contribution in [0.5, 0.6) is 5.75 Å². The number of rotatable bonds is 15. The van der Waals surface area contributed by atoms with Crippen LogP contribution in [0, 0.1) is 11.8 Å². The Balaban J connectivity index is 1.80. The molecule has 0 unspecified atom stereocenters. The van der Waals surface area contributed by atoms with E-state index in [0.717, 1.165) is 55.3 Å². The van der Waals surface area contributed by atoms with Crippen LogP contribution in [-0.2, 0) is 39.7 Å². The smallest absolute Gasteiger partial charge is 0.417 e. The molecule has 4 rings (SSSR count). The molecule has 1 fully saturated rings. The van der Waals surface area contributed by atoms with Gasteiger partial charge >= 0.3 is 18.5 Å². The van der Waals surface area contributed by atoms with Crippen LogP contribution in [0.3, 0.4) is 0 Å². The Hall–Kier alpha value is -4.16. The number of ether oxygens (including phenoxy) is 1. The lowest BCUT2D eigenvalue weighted by Crippen LogP contribution is -2.35. The summed E-state index contributed by atoms with van der Waals surface area (Å²) in [6.45, 7) is 4.45. The highest BCUT2D eigenvalue weighted by atomic mass is 32.2. The number of ketones is 1. The molecule has 19 heteroatoms. The second-order valence-corrected chi connectivity index (χ2v) is 16.1. The Morgan fingerprint density at radius 2 is 1.38 bits per heavy atom. The van der Waals surface area contributed by atoms with Crippen molar-refractivity contribution in [1.82, 2.24) is 15.0 Å². The second-order valence-electron chi connectivity index (χ2n) is 13.9. The summed E-state index contributed by atoms with van der Waals surface area (Å²) < 4.78 is 154. The molecule has 1 saturated carbocycles. The molecular weight excluding hydrogens is 769 g/mol. The zero-order valence-electron chi connectivity index (χ0n) is 30.5. The van der Waals surface area contributed by atoms with Crippen LogP contribution in [0.4, 0.5) is 51.3 Å². The van der Waals surface area contributed by atoms with E-state index in [2.05, 4.69) is 15.0 Å². The first-order valence-electron chi connectivity index (χ1n) is 17.4. The summed E-state index contributed by atoms with van der Waals surface area (Å²) in [6, 6.07) is 0.476. The van der Waals surface area contributed by atoms with Gasteiger partial charge in [-0.25, -0.2) is 23.4 Å². The summed E-state index contributed by atoms with van der Waals surface area (Å²) in [5.74, 6) is -0.0931. The van der Waals surface area contributed by atoms with Crippen LogP contribution in [0.1, 0.15) is 86.7 Å². The van der Waals surface area contributed by atoms with Crippen LogP contribution in [0.15, 0.2) is 42.9 Å². The van der Waals surface area contributed by atoms with Crippen molar-refractivity contribution >= 4 is 27.4 Å². The van der Waals surface area contributed by atoms with Crippen LogP contribution in [0.25, 0.3) is 0 Å². The lowest BCUT2D eigenvalue weighted by atomic mass is 9.79. The van der Waals surface area contributed by atoms with Crippen molar-refractivity contribution < 1.29 is 57.5 Å². The average molecular weight is 812 g/mol. The van der Waals surface area contributed by atoms with Crippen molar-refractivity contribution in [2.75, 3.05) is 41.5 Å². The molecule has 9 nitrogen and oxygen atoms in total. The maximum Gasteiger partial charge on any atom is 0.417 e. The summed E-state index contributed by atoms with van der Waals surface area (Å²) in [5.41, 5.74) is -4.83. The largest absolute Gasteiger partial charge is 0.489 e. The van der Waals surface area contributed by atoms with Gasteiger partial charge in [0.15, 0.2) is 15.6 Å². The number of Topliss-reactive ketones (excluding diaryl/α,β-unsaturated/α-hetero) is 1. The number of alkyl halides is 9. The highest BCUT2D eigenvalue weighted by molar-refractivity contribution is 7.90. The summed E-state index contributed by atoms with van der Waals surface area (Å²) in [5, 5.41) is 0. The predicted octanol–water partition coefficient (Wildman–Crippen LogP) is 8.73. The lowest BCUT2D eigenvalue weighted by Gasteiger charge is -2.35. The molecule has 0 saturated heterocycles. The second kappa shape index (κ2) is 17.3. The van der Waals surface area contributed by atoms with Gasteiger partial charge in [0, 0.05) is 37.5 Å². The Morgan fingerprint density at radius 1 is 0.836 bits per heavy atom.